The van der Waals surface area contributed by atoms with Crippen molar-refractivity contribution in [3.8, 4) is 22.7 Å². The first-order valence-electron chi connectivity index (χ1n) is 7.02. The molecule has 2 N–H and O–H groups in total. The summed E-state index contributed by atoms with van der Waals surface area (Å²) in [6.07, 6.45) is 1.53. The molecule has 0 fully saturated rings. The van der Waals surface area contributed by atoms with Crippen LogP contribution in [0.15, 0.2) is 58.0 Å². The molecule has 0 bridgehead atoms. The number of primary sulfonamides is 1. The Balaban J connectivity index is 2.10. The number of halogens is 2. The second-order valence-corrected chi connectivity index (χ2v) is 7.96. The van der Waals surface area contributed by atoms with Gasteiger partial charge in [0.2, 0.25) is 10.0 Å². The highest BCUT2D eigenvalue weighted by molar-refractivity contribution is 9.10. The van der Waals surface area contributed by atoms with Crippen molar-refractivity contribution >= 4 is 37.6 Å². The predicted molar refractivity (Wildman–Crippen MR) is 99.6 cm³/mol. The third-order valence-corrected chi connectivity index (χ3v) is 5.39. The highest BCUT2D eigenvalue weighted by atomic mass is 79.9. The molecule has 3 aromatic rings. The van der Waals surface area contributed by atoms with Crippen molar-refractivity contribution < 1.29 is 13.2 Å². The smallest absolute Gasteiger partial charge is 0.238 e. The van der Waals surface area contributed by atoms with E-state index in [1.165, 1.54) is 18.3 Å². The fraction of sp³-hybridized carbons (Fsp3) is 0.0625. The summed E-state index contributed by atoms with van der Waals surface area (Å²) in [5, 5.41) is 9.88. The maximum absolute atomic E-state index is 11.4. The molecule has 1 aromatic heterocycles. The molecule has 0 aliphatic rings. The molecule has 0 amide bonds. The molecule has 0 aliphatic heterocycles. The van der Waals surface area contributed by atoms with Gasteiger partial charge in [0, 0.05) is 5.56 Å². The van der Waals surface area contributed by atoms with Gasteiger partial charge in [-0.25, -0.2) is 18.2 Å². The monoisotopic (exact) mass is 441 g/mol. The molecule has 25 heavy (non-hydrogen) atoms. The van der Waals surface area contributed by atoms with Crippen molar-refractivity contribution in [2.45, 2.75) is 4.90 Å². The van der Waals surface area contributed by atoms with E-state index in [1.54, 1.807) is 23.9 Å². The number of nitrogens with two attached hydrogens (primary N) is 1. The van der Waals surface area contributed by atoms with Crippen molar-refractivity contribution in [3.63, 3.8) is 0 Å². The standard InChI is InChI=1S/C16H13BrClN3O3S/c1-24-15-7-2-10(8-13(15)17)16-14(18)9-20-21(16)11-3-5-12(6-4-11)25(19,22)23/h2-9H,1H3,(H2,19,22,23). The third kappa shape index (κ3) is 3.57. The van der Waals surface area contributed by atoms with Gasteiger partial charge >= 0.3 is 0 Å². The van der Waals surface area contributed by atoms with E-state index in [0.29, 0.717) is 22.2 Å². The largest absolute Gasteiger partial charge is 0.496 e. The van der Waals surface area contributed by atoms with Gasteiger partial charge < -0.3 is 4.74 Å². The van der Waals surface area contributed by atoms with Crippen molar-refractivity contribution in [1.82, 2.24) is 9.78 Å². The SMILES string of the molecule is COc1ccc(-c2c(Cl)cnn2-c2ccc(S(N)(=O)=O)cc2)cc1Br. The van der Waals surface area contributed by atoms with Crippen molar-refractivity contribution in [2.24, 2.45) is 5.14 Å². The van der Waals surface area contributed by atoms with Gasteiger partial charge in [-0.15, -0.1) is 0 Å². The molecule has 0 saturated heterocycles. The predicted octanol–water partition coefficient (Wildman–Crippen LogP) is 3.61. The van der Waals surface area contributed by atoms with Crippen LogP contribution in [0.5, 0.6) is 5.75 Å². The van der Waals surface area contributed by atoms with Gasteiger partial charge in [-0.2, -0.15) is 5.10 Å². The summed E-state index contributed by atoms with van der Waals surface area (Å²) in [4.78, 5) is 0.0308. The van der Waals surface area contributed by atoms with Gasteiger partial charge in [-0.05, 0) is 58.4 Å². The first kappa shape index (κ1) is 17.9. The molecule has 1 heterocycles. The van der Waals surface area contributed by atoms with E-state index in [4.69, 9.17) is 21.5 Å². The molecule has 0 saturated carbocycles. The Morgan fingerprint density at radius 1 is 1.20 bits per heavy atom. The Hall–Kier alpha value is -1.87. The lowest BCUT2D eigenvalue weighted by atomic mass is 10.1. The maximum atomic E-state index is 11.4. The quantitative estimate of drug-likeness (QED) is 0.668. The molecule has 0 spiro atoms. The van der Waals surface area contributed by atoms with Crippen LogP contribution in [0.1, 0.15) is 0 Å². The van der Waals surface area contributed by atoms with Gasteiger partial charge in [0.25, 0.3) is 0 Å². The van der Waals surface area contributed by atoms with E-state index in [2.05, 4.69) is 21.0 Å². The first-order valence-corrected chi connectivity index (χ1v) is 9.73. The van der Waals surface area contributed by atoms with Crippen LogP contribution in [0.3, 0.4) is 0 Å². The Morgan fingerprint density at radius 3 is 2.44 bits per heavy atom. The molecule has 0 radical (unpaired) electrons. The normalized spacial score (nSPS) is 11.5. The summed E-state index contributed by atoms with van der Waals surface area (Å²) in [5.41, 5.74) is 2.15. The molecule has 9 heteroatoms. The molecular formula is C16H13BrClN3O3S. The van der Waals surface area contributed by atoms with E-state index in [-0.39, 0.29) is 4.90 Å². The van der Waals surface area contributed by atoms with Gasteiger partial charge in [0.15, 0.2) is 0 Å². The van der Waals surface area contributed by atoms with Gasteiger partial charge in [-0.3, -0.25) is 0 Å². The number of ether oxygens (including phenoxy) is 1. The van der Waals surface area contributed by atoms with Crippen LogP contribution in [-0.4, -0.2) is 25.3 Å². The summed E-state index contributed by atoms with van der Waals surface area (Å²) in [6, 6.07) is 11.6. The zero-order chi connectivity index (χ0) is 18.2. The van der Waals surface area contributed by atoms with Gasteiger partial charge in [0.05, 0.1) is 39.1 Å². The third-order valence-electron chi connectivity index (χ3n) is 3.56. The van der Waals surface area contributed by atoms with Crippen LogP contribution in [-0.2, 0) is 10.0 Å². The van der Waals surface area contributed by atoms with E-state index in [1.807, 2.05) is 18.2 Å². The zero-order valence-electron chi connectivity index (χ0n) is 13.0. The Morgan fingerprint density at radius 2 is 1.88 bits per heavy atom. The van der Waals surface area contributed by atoms with Crippen LogP contribution in [0.2, 0.25) is 5.02 Å². The van der Waals surface area contributed by atoms with E-state index in [9.17, 15) is 8.42 Å². The van der Waals surface area contributed by atoms with Crippen molar-refractivity contribution in [3.05, 3.63) is 58.2 Å². The minimum atomic E-state index is -3.75. The fourth-order valence-electron chi connectivity index (χ4n) is 2.38. The lowest BCUT2D eigenvalue weighted by Crippen LogP contribution is -2.12. The number of benzene rings is 2. The minimum absolute atomic E-state index is 0.0308. The van der Waals surface area contributed by atoms with E-state index >= 15 is 0 Å². The number of hydrogen-bond donors (Lipinski definition) is 1. The van der Waals surface area contributed by atoms with Crippen LogP contribution in [0.25, 0.3) is 16.9 Å². The molecule has 6 nitrogen and oxygen atoms in total. The Bertz CT molecular complexity index is 1030. The topological polar surface area (TPSA) is 87.2 Å². The van der Waals surface area contributed by atoms with E-state index in [0.717, 1.165) is 10.0 Å². The molecule has 0 unspecified atom stereocenters. The lowest BCUT2D eigenvalue weighted by molar-refractivity contribution is 0.412. The molecule has 130 valence electrons. The first-order chi connectivity index (χ1) is 11.8. The average molecular weight is 443 g/mol. The number of sulfonamides is 1. The second kappa shape index (κ2) is 6.80. The number of hydrogen-bond acceptors (Lipinski definition) is 4. The number of nitrogens with zero attached hydrogens (tertiary/aromatic N) is 2. The van der Waals surface area contributed by atoms with Gasteiger partial charge in [0.1, 0.15) is 5.75 Å². The average Bonchev–Trinajstić information content (AvgIpc) is 2.95. The summed E-state index contributed by atoms with van der Waals surface area (Å²) < 4.78 is 30.4. The maximum Gasteiger partial charge on any atom is 0.238 e. The highest BCUT2D eigenvalue weighted by Gasteiger charge is 2.15. The van der Waals surface area contributed by atoms with Crippen molar-refractivity contribution in [1.29, 1.82) is 0 Å². The molecule has 2 aromatic carbocycles. The molecule has 0 atom stereocenters. The summed E-state index contributed by atoms with van der Waals surface area (Å²) in [6.45, 7) is 0. The fourth-order valence-corrected chi connectivity index (χ4v) is 3.66. The number of rotatable bonds is 4. The second-order valence-electron chi connectivity index (χ2n) is 5.14. The molecular weight excluding hydrogens is 430 g/mol. The minimum Gasteiger partial charge on any atom is -0.496 e. The summed E-state index contributed by atoms with van der Waals surface area (Å²) in [5.74, 6) is 0.698. The highest BCUT2D eigenvalue weighted by Crippen LogP contribution is 2.35. The lowest BCUT2D eigenvalue weighted by Gasteiger charge is -2.11. The Labute approximate surface area is 158 Å². The van der Waals surface area contributed by atoms with Crippen LogP contribution in [0, 0.1) is 0 Å². The summed E-state index contributed by atoms with van der Waals surface area (Å²) in [7, 11) is -2.16. The van der Waals surface area contributed by atoms with E-state index < -0.39 is 10.0 Å². The van der Waals surface area contributed by atoms with Crippen LogP contribution >= 0.6 is 27.5 Å². The molecule has 0 aliphatic carbocycles. The molecule has 3 rings (SSSR count). The summed E-state index contributed by atoms with van der Waals surface area (Å²) >= 11 is 9.76. The van der Waals surface area contributed by atoms with Crippen LogP contribution < -0.4 is 9.88 Å². The van der Waals surface area contributed by atoms with Gasteiger partial charge in [-0.1, -0.05) is 11.6 Å². The zero-order valence-corrected chi connectivity index (χ0v) is 16.1. The number of aromatic nitrogens is 2. The van der Waals surface area contributed by atoms with Crippen LogP contribution in [0.4, 0.5) is 0 Å². The Kier molecular flexibility index (Phi) is 4.88. The van der Waals surface area contributed by atoms with Crippen molar-refractivity contribution in [2.75, 3.05) is 7.11 Å². The number of methoxy groups -OCH3 is 1.